The highest BCUT2D eigenvalue weighted by atomic mass is 28.3. The molecule has 0 aliphatic heterocycles. The van der Waals surface area contributed by atoms with Crippen molar-refractivity contribution in [1.29, 1.82) is 0 Å². The summed E-state index contributed by atoms with van der Waals surface area (Å²) in [6.07, 6.45) is 5.59. The van der Waals surface area contributed by atoms with Gasteiger partial charge in [-0.15, -0.1) is 0 Å². The van der Waals surface area contributed by atoms with Crippen molar-refractivity contribution >= 4 is 29.4 Å². The van der Waals surface area contributed by atoms with Gasteiger partial charge >= 0.3 is 0 Å². The molecule has 0 fully saturated rings. The van der Waals surface area contributed by atoms with E-state index in [0.717, 1.165) is 6.42 Å². The fraction of sp³-hybridized carbons (Fsp3) is 0.125. The van der Waals surface area contributed by atoms with E-state index in [0.29, 0.717) is 12.2 Å². The summed E-state index contributed by atoms with van der Waals surface area (Å²) in [6.45, 7) is 0. The number of ketones is 1. The van der Waals surface area contributed by atoms with Gasteiger partial charge in [-0.3, -0.25) is 4.79 Å². The zero-order valence-corrected chi connectivity index (χ0v) is 15.7. The normalized spacial score (nSPS) is 17.2. The van der Waals surface area contributed by atoms with Gasteiger partial charge in [0.1, 0.15) is 5.78 Å². The minimum Gasteiger partial charge on any atom is -0.299 e. The standard InChI is InChI=1S/C24H22OSi/c25-23-18-10-11-19-24(23)26(20-12-4-1-5-13-20,21-14-6-2-7-15-21)22-16-8-3-9-17-22/h1-17,24H,18-19H2/t24-/m0/s1. The molecule has 0 bridgehead atoms. The quantitative estimate of drug-likeness (QED) is 0.398. The number of hydrogen-bond donors (Lipinski definition) is 0. The van der Waals surface area contributed by atoms with Crippen molar-refractivity contribution in [3.05, 3.63) is 103 Å². The maximum Gasteiger partial charge on any atom is 0.158 e. The molecule has 0 heterocycles. The van der Waals surface area contributed by atoms with Crippen LogP contribution in [0.5, 0.6) is 0 Å². The molecule has 0 saturated heterocycles. The van der Waals surface area contributed by atoms with Gasteiger partial charge in [-0.1, -0.05) is 103 Å². The number of carbonyl (C=O) groups is 1. The zero-order valence-electron chi connectivity index (χ0n) is 14.7. The van der Waals surface area contributed by atoms with Crippen molar-refractivity contribution in [1.82, 2.24) is 0 Å². The largest absolute Gasteiger partial charge is 0.299 e. The molecule has 1 nitrogen and oxygen atoms in total. The van der Waals surface area contributed by atoms with Gasteiger partial charge in [0.2, 0.25) is 0 Å². The smallest absolute Gasteiger partial charge is 0.158 e. The zero-order chi connectivity index (χ0) is 17.8. The third-order valence-electron chi connectivity index (χ3n) is 5.46. The molecule has 3 aromatic carbocycles. The molecule has 0 saturated carbocycles. The lowest BCUT2D eigenvalue weighted by atomic mass is 10.1. The molecule has 0 aromatic heterocycles. The Morgan fingerprint density at radius 1 is 0.615 bits per heavy atom. The molecule has 1 aliphatic carbocycles. The first-order chi connectivity index (χ1) is 12.8. The Kier molecular flexibility index (Phi) is 4.68. The van der Waals surface area contributed by atoms with E-state index in [4.69, 9.17) is 0 Å². The van der Waals surface area contributed by atoms with E-state index in [1.54, 1.807) is 0 Å². The average Bonchev–Trinajstić information content (AvgIpc) is 2.72. The minimum absolute atomic E-state index is 0.0275. The first-order valence-corrected chi connectivity index (χ1v) is 11.3. The second kappa shape index (κ2) is 7.26. The molecule has 1 atom stereocenters. The highest BCUT2D eigenvalue weighted by Gasteiger charge is 2.49. The van der Waals surface area contributed by atoms with Crippen LogP contribution in [0.25, 0.3) is 0 Å². The molecule has 4 rings (SSSR count). The Morgan fingerprint density at radius 3 is 1.42 bits per heavy atom. The van der Waals surface area contributed by atoms with Crippen molar-refractivity contribution in [3.8, 4) is 0 Å². The number of Topliss-reactive ketones (excluding diaryl/α,β-unsaturated/α-hetero) is 1. The first-order valence-electron chi connectivity index (χ1n) is 9.18. The Bertz CT molecular complexity index is 804. The van der Waals surface area contributed by atoms with Crippen molar-refractivity contribution < 1.29 is 4.79 Å². The monoisotopic (exact) mass is 354 g/mol. The van der Waals surface area contributed by atoms with Gasteiger partial charge < -0.3 is 0 Å². The molecule has 3 aromatic rings. The van der Waals surface area contributed by atoms with E-state index in [-0.39, 0.29) is 5.54 Å². The molecule has 26 heavy (non-hydrogen) atoms. The fourth-order valence-corrected chi connectivity index (χ4v) is 9.78. The highest BCUT2D eigenvalue weighted by molar-refractivity contribution is 7.14. The van der Waals surface area contributed by atoms with Crippen LogP contribution in [-0.4, -0.2) is 13.9 Å². The SMILES string of the molecule is O=C1CC=CC[C@@H]1[Si](c1ccccc1)(c1ccccc1)c1ccccc1. The summed E-state index contributed by atoms with van der Waals surface area (Å²) >= 11 is 0. The Balaban J connectivity index is 2.07. The van der Waals surface area contributed by atoms with E-state index in [1.165, 1.54) is 15.6 Å². The van der Waals surface area contributed by atoms with Gasteiger partial charge in [-0.25, -0.2) is 0 Å². The van der Waals surface area contributed by atoms with Crippen molar-refractivity contribution in [3.63, 3.8) is 0 Å². The molecular weight excluding hydrogens is 332 g/mol. The van der Waals surface area contributed by atoms with E-state index in [1.807, 2.05) is 6.08 Å². The molecular formula is C24H22OSi. The molecule has 0 N–H and O–H groups in total. The predicted octanol–water partition coefficient (Wildman–Crippen LogP) is 3.45. The number of hydrogen-bond acceptors (Lipinski definition) is 1. The van der Waals surface area contributed by atoms with Crippen LogP contribution in [0.3, 0.4) is 0 Å². The van der Waals surface area contributed by atoms with Gasteiger partial charge in [-0.05, 0) is 22.0 Å². The fourth-order valence-electron chi connectivity index (χ4n) is 4.33. The van der Waals surface area contributed by atoms with Crippen molar-refractivity contribution in [2.75, 3.05) is 0 Å². The molecule has 1 aliphatic rings. The average molecular weight is 355 g/mol. The van der Waals surface area contributed by atoms with Crippen LogP contribution in [0.4, 0.5) is 0 Å². The van der Waals surface area contributed by atoms with Gasteiger partial charge in [-0.2, -0.15) is 0 Å². The Labute approximate surface area is 156 Å². The van der Waals surface area contributed by atoms with E-state index in [9.17, 15) is 4.79 Å². The summed E-state index contributed by atoms with van der Waals surface area (Å²) < 4.78 is 0. The summed E-state index contributed by atoms with van der Waals surface area (Å²) in [6, 6.07) is 32.1. The summed E-state index contributed by atoms with van der Waals surface area (Å²) in [7, 11) is -2.49. The van der Waals surface area contributed by atoms with Gasteiger partial charge in [0.25, 0.3) is 0 Å². The number of carbonyl (C=O) groups excluding carboxylic acids is 1. The Morgan fingerprint density at radius 2 is 1.04 bits per heavy atom. The van der Waals surface area contributed by atoms with Crippen LogP contribution < -0.4 is 15.6 Å². The summed E-state index contributed by atoms with van der Waals surface area (Å²) in [5, 5.41) is 3.93. The van der Waals surface area contributed by atoms with Crippen LogP contribution in [0, 0.1) is 0 Å². The molecule has 0 amide bonds. The topological polar surface area (TPSA) is 17.1 Å². The minimum atomic E-state index is -2.49. The molecule has 0 radical (unpaired) electrons. The van der Waals surface area contributed by atoms with E-state index in [2.05, 4.69) is 97.1 Å². The number of rotatable bonds is 4. The number of allylic oxidation sites excluding steroid dienone is 2. The van der Waals surface area contributed by atoms with Crippen LogP contribution in [0.1, 0.15) is 12.8 Å². The third-order valence-corrected chi connectivity index (χ3v) is 10.8. The van der Waals surface area contributed by atoms with Gasteiger partial charge in [0.05, 0.1) is 0 Å². The lowest BCUT2D eigenvalue weighted by molar-refractivity contribution is -0.118. The molecule has 2 heteroatoms. The van der Waals surface area contributed by atoms with E-state index >= 15 is 0 Å². The lowest BCUT2D eigenvalue weighted by Crippen LogP contribution is -2.71. The second-order valence-corrected chi connectivity index (χ2v) is 10.9. The maximum absolute atomic E-state index is 13.1. The van der Waals surface area contributed by atoms with Crippen molar-refractivity contribution in [2.45, 2.75) is 18.4 Å². The summed E-state index contributed by atoms with van der Waals surface area (Å²) in [5.74, 6) is 0.371. The van der Waals surface area contributed by atoms with Crippen molar-refractivity contribution in [2.24, 2.45) is 0 Å². The highest BCUT2D eigenvalue weighted by Crippen LogP contribution is 2.31. The third kappa shape index (κ3) is 2.77. The Hall–Kier alpha value is -2.71. The van der Waals surface area contributed by atoms with E-state index < -0.39 is 8.07 Å². The van der Waals surface area contributed by atoms with Crippen LogP contribution >= 0.6 is 0 Å². The first kappa shape index (κ1) is 16.7. The summed E-state index contributed by atoms with van der Waals surface area (Å²) in [5.41, 5.74) is 0.0275. The van der Waals surface area contributed by atoms with Crippen LogP contribution in [-0.2, 0) is 4.79 Å². The lowest BCUT2D eigenvalue weighted by Gasteiger charge is -2.40. The van der Waals surface area contributed by atoms with Crippen LogP contribution in [0.15, 0.2) is 103 Å². The molecule has 0 unspecified atom stereocenters. The van der Waals surface area contributed by atoms with Gasteiger partial charge in [0.15, 0.2) is 8.07 Å². The maximum atomic E-state index is 13.1. The summed E-state index contributed by atoms with van der Waals surface area (Å²) in [4.78, 5) is 13.1. The number of benzene rings is 3. The van der Waals surface area contributed by atoms with Gasteiger partial charge in [0, 0.05) is 12.0 Å². The molecule has 128 valence electrons. The predicted molar refractivity (Wildman–Crippen MR) is 111 cm³/mol. The second-order valence-electron chi connectivity index (χ2n) is 6.84. The molecule has 0 spiro atoms. The van der Waals surface area contributed by atoms with Crippen LogP contribution in [0.2, 0.25) is 5.54 Å².